The zero-order valence-electron chi connectivity index (χ0n) is 13.0. The van der Waals surface area contributed by atoms with E-state index in [1.807, 2.05) is 6.92 Å². The average Bonchev–Trinajstić information content (AvgIpc) is 2.98. The second kappa shape index (κ2) is 6.31. The molecule has 1 saturated heterocycles. The van der Waals surface area contributed by atoms with Gasteiger partial charge in [0.15, 0.2) is 0 Å². The van der Waals surface area contributed by atoms with Crippen LogP contribution in [0.3, 0.4) is 0 Å². The zero-order chi connectivity index (χ0) is 16.4. The van der Waals surface area contributed by atoms with E-state index in [1.54, 1.807) is 21.7 Å². The van der Waals surface area contributed by atoms with Gasteiger partial charge < -0.3 is 10.0 Å². The number of fused-ring (bicyclic) bond motifs is 1. The first-order valence-electron chi connectivity index (χ1n) is 7.74. The molecule has 0 aromatic carbocycles. The van der Waals surface area contributed by atoms with E-state index in [-0.39, 0.29) is 24.1 Å². The Kier molecular flexibility index (Phi) is 4.22. The van der Waals surface area contributed by atoms with Crippen molar-refractivity contribution in [3.8, 4) is 0 Å². The normalized spacial score (nSPS) is 18.3. The number of rotatable bonds is 4. The van der Waals surface area contributed by atoms with E-state index in [4.69, 9.17) is 5.11 Å². The molecule has 0 radical (unpaired) electrons. The van der Waals surface area contributed by atoms with Gasteiger partial charge in [-0.25, -0.2) is 9.50 Å². The minimum atomic E-state index is -0.794. The first-order chi connectivity index (χ1) is 11.0. The Morgan fingerprint density at radius 3 is 3.00 bits per heavy atom. The molecule has 3 rings (SSSR count). The van der Waals surface area contributed by atoms with Crippen LogP contribution >= 0.6 is 0 Å². The van der Waals surface area contributed by atoms with E-state index in [1.165, 1.54) is 0 Å². The number of nitrogens with zero attached hydrogens (tertiary/aromatic N) is 5. The molecule has 1 atom stereocenters. The van der Waals surface area contributed by atoms with Crippen molar-refractivity contribution in [2.45, 2.75) is 32.6 Å². The van der Waals surface area contributed by atoms with E-state index in [9.17, 15) is 9.59 Å². The molecule has 1 unspecified atom stereocenters. The first kappa shape index (κ1) is 15.4. The summed E-state index contributed by atoms with van der Waals surface area (Å²) in [6.45, 7) is 3.10. The molecule has 0 saturated carbocycles. The second-order valence-corrected chi connectivity index (χ2v) is 5.93. The number of hydrogen-bond donors (Lipinski definition) is 1. The van der Waals surface area contributed by atoms with Crippen molar-refractivity contribution in [3.05, 3.63) is 23.8 Å². The number of aryl methyl sites for hydroxylation is 1. The molecule has 122 valence electrons. The van der Waals surface area contributed by atoms with Crippen molar-refractivity contribution in [3.63, 3.8) is 0 Å². The summed E-state index contributed by atoms with van der Waals surface area (Å²) in [6.07, 6.45) is 4.20. The van der Waals surface area contributed by atoms with Crippen LogP contribution in [-0.2, 0) is 4.79 Å². The van der Waals surface area contributed by atoms with Crippen LogP contribution in [0, 0.1) is 12.8 Å². The number of piperidine rings is 1. The number of carboxylic acids is 1. The fourth-order valence-corrected chi connectivity index (χ4v) is 2.95. The fraction of sp³-hybridized carbons (Fsp3) is 0.533. The molecular formula is C15H19N5O3. The maximum absolute atomic E-state index is 12.6. The van der Waals surface area contributed by atoms with Crippen LogP contribution in [0.25, 0.3) is 5.78 Å². The van der Waals surface area contributed by atoms with Crippen LogP contribution < -0.4 is 0 Å². The Hall–Kier alpha value is -2.51. The SMILES string of the molecule is Cc1ccnc2nc(C(=O)N3CCCC(CCC(=O)O)C3)nn12. The van der Waals surface area contributed by atoms with Gasteiger partial charge in [-0.15, -0.1) is 5.10 Å². The average molecular weight is 317 g/mol. The molecule has 0 bridgehead atoms. The molecule has 8 heteroatoms. The van der Waals surface area contributed by atoms with Crippen LogP contribution in [0.4, 0.5) is 0 Å². The third-order valence-electron chi connectivity index (χ3n) is 4.19. The van der Waals surface area contributed by atoms with Crippen LogP contribution in [0.2, 0.25) is 0 Å². The monoisotopic (exact) mass is 317 g/mol. The third kappa shape index (κ3) is 3.30. The summed E-state index contributed by atoms with van der Waals surface area (Å²) in [5.41, 5.74) is 0.861. The Morgan fingerprint density at radius 1 is 1.43 bits per heavy atom. The van der Waals surface area contributed by atoms with Gasteiger partial charge in [0.25, 0.3) is 11.7 Å². The molecule has 2 aromatic rings. The number of aromatic nitrogens is 4. The largest absolute Gasteiger partial charge is 0.481 e. The minimum absolute atomic E-state index is 0.141. The molecule has 2 aromatic heterocycles. The highest BCUT2D eigenvalue weighted by Gasteiger charge is 2.27. The van der Waals surface area contributed by atoms with Crippen LogP contribution in [0.1, 0.15) is 42.0 Å². The van der Waals surface area contributed by atoms with Gasteiger partial charge in [0, 0.05) is 31.4 Å². The maximum Gasteiger partial charge on any atom is 0.303 e. The van der Waals surface area contributed by atoms with Crippen LogP contribution in [-0.4, -0.2) is 54.6 Å². The second-order valence-electron chi connectivity index (χ2n) is 5.93. The predicted molar refractivity (Wildman–Crippen MR) is 81.0 cm³/mol. The fourth-order valence-electron chi connectivity index (χ4n) is 2.95. The molecule has 1 aliphatic heterocycles. The van der Waals surface area contributed by atoms with E-state index in [0.717, 1.165) is 18.5 Å². The summed E-state index contributed by atoms with van der Waals surface area (Å²) in [4.78, 5) is 33.3. The molecule has 8 nitrogen and oxygen atoms in total. The van der Waals surface area contributed by atoms with Gasteiger partial charge in [-0.2, -0.15) is 4.98 Å². The van der Waals surface area contributed by atoms with Gasteiger partial charge in [0.05, 0.1) is 0 Å². The lowest BCUT2D eigenvalue weighted by Crippen LogP contribution is -2.40. The highest BCUT2D eigenvalue weighted by molar-refractivity contribution is 5.91. The quantitative estimate of drug-likeness (QED) is 0.908. The molecule has 1 aliphatic rings. The molecule has 1 amide bonds. The lowest BCUT2D eigenvalue weighted by atomic mass is 9.93. The Morgan fingerprint density at radius 2 is 2.26 bits per heavy atom. The molecule has 23 heavy (non-hydrogen) atoms. The topological polar surface area (TPSA) is 101 Å². The van der Waals surface area contributed by atoms with E-state index >= 15 is 0 Å². The summed E-state index contributed by atoms with van der Waals surface area (Å²) in [5, 5.41) is 13.0. The first-order valence-corrected chi connectivity index (χ1v) is 7.74. The van der Waals surface area contributed by atoms with E-state index in [0.29, 0.717) is 25.3 Å². The lowest BCUT2D eigenvalue weighted by Gasteiger charge is -2.31. The lowest BCUT2D eigenvalue weighted by molar-refractivity contribution is -0.137. The molecule has 1 N–H and O–H groups in total. The number of likely N-dealkylation sites (tertiary alicyclic amines) is 1. The standard InChI is InChI=1S/C15H19N5O3/c1-10-6-7-16-15-17-13(18-20(10)15)14(23)19-8-2-3-11(9-19)4-5-12(21)22/h6-7,11H,2-5,8-9H2,1H3,(H,21,22). The number of carbonyl (C=O) groups excluding carboxylic acids is 1. The summed E-state index contributed by atoms with van der Waals surface area (Å²) >= 11 is 0. The molecule has 0 aliphatic carbocycles. The Balaban J connectivity index is 1.73. The molecule has 0 spiro atoms. The van der Waals surface area contributed by atoms with E-state index < -0.39 is 5.97 Å². The number of amides is 1. The molecule has 3 heterocycles. The molecular weight excluding hydrogens is 298 g/mol. The van der Waals surface area contributed by atoms with Crippen molar-refractivity contribution in [2.24, 2.45) is 5.92 Å². The number of carboxylic acid groups (broad SMARTS) is 1. The van der Waals surface area contributed by atoms with Gasteiger partial charge in [0.1, 0.15) is 0 Å². The Labute approximate surface area is 133 Å². The smallest absolute Gasteiger partial charge is 0.303 e. The van der Waals surface area contributed by atoms with Crippen molar-refractivity contribution in [1.29, 1.82) is 0 Å². The molecule has 1 fully saturated rings. The van der Waals surface area contributed by atoms with Crippen molar-refractivity contribution >= 4 is 17.7 Å². The van der Waals surface area contributed by atoms with Gasteiger partial charge in [-0.1, -0.05) is 0 Å². The Bertz CT molecular complexity index is 742. The number of aliphatic carboxylic acids is 1. The van der Waals surface area contributed by atoms with Gasteiger partial charge >= 0.3 is 5.97 Å². The van der Waals surface area contributed by atoms with Crippen LogP contribution in [0.5, 0.6) is 0 Å². The third-order valence-corrected chi connectivity index (χ3v) is 4.19. The van der Waals surface area contributed by atoms with Crippen molar-refractivity contribution < 1.29 is 14.7 Å². The van der Waals surface area contributed by atoms with Gasteiger partial charge in [0.2, 0.25) is 5.82 Å². The van der Waals surface area contributed by atoms with Crippen molar-refractivity contribution in [2.75, 3.05) is 13.1 Å². The van der Waals surface area contributed by atoms with Crippen molar-refractivity contribution in [1.82, 2.24) is 24.5 Å². The zero-order valence-corrected chi connectivity index (χ0v) is 13.0. The number of carbonyl (C=O) groups is 2. The maximum atomic E-state index is 12.6. The van der Waals surface area contributed by atoms with E-state index in [2.05, 4.69) is 15.1 Å². The van der Waals surface area contributed by atoms with Gasteiger partial charge in [-0.3, -0.25) is 9.59 Å². The highest BCUT2D eigenvalue weighted by Crippen LogP contribution is 2.22. The van der Waals surface area contributed by atoms with Gasteiger partial charge in [-0.05, 0) is 38.2 Å². The number of hydrogen-bond acceptors (Lipinski definition) is 5. The predicted octanol–water partition coefficient (Wildman–Crippen LogP) is 1.15. The summed E-state index contributed by atoms with van der Waals surface area (Å²) in [6, 6.07) is 1.80. The van der Waals surface area contributed by atoms with Crippen LogP contribution in [0.15, 0.2) is 12.3 Å². The summed E-state index contributed by atoms with van der Waals surface area (Å²) < 4.78 is 1.55. The summed E-state index contributed by atoms with van der Waals surface area (Å²) in [7, 11) is 0. The minimum Gasteiger partial charge on any atom is -0.481 e. The summed E-state index contributed by atoms with van der Waals surface area (Å²) in [5.74, 6) is -0.230. The highest BCUT2D eigenvalue weighted by atomic mass is 16.4.